The standard InChI is InChI=1S/C25H39N3/c26-20-14-7-3-1-5-9-16-22-28(24-25-18-12-11-13-19-25)23-17-10-6-2-4-8-15-21-27/h11-13,18-19H,1-10,14-17,22-24H2. The van der Waals surface area contributed by atoms with Gasteiger partial charge in [-0.05, 0) is 44.3 Å². The molecule has 0 amide bonds. The molecule has 28 heavy (non-hydrogen) atoms. The average molecular weight is 382 g/mol. The molecule has 0 aromatic heterocycles. The van der Waals surface area contributed by atoms with Gasteiger partial charge in [0.2, 0.25) is 0 Å². The molecule has 154 valence electrons. The van der Waals surface area contributed by atoms with Gasteiger partial charge in [0.05, 0.1) is 12.1 Å². The Morgan fingerprint density at radius 1 is 0.571 bits per heavy atom. The van der Waals surface area contributed by atoms with Crippen LogP contribution in [-0.2, 0) is 6.54 Å². The van der Waals surface area contributed by atoms with Crippen molar-refractivity contribution in [1.82, 2.24) is 4.90 Å². The fourth-order valence-corrected chi connectivity index (χ4v) is 3.60. The summed E-state index contributed by atoms with van der Waals surface area (Å²) in [6, 6.07) is 15.3. The first-order valence-corrected chi connectivity index (χ1v) is 11.4. The molecule has 1 aromatic rings. The molecule has 0 spiro atoms. The second kappa shape index (κ2) is 18.5. The first-order valence-electron chi connectivity index (χ1n) is 11.4. The maximum atomic E-state index is 8.57. The third kappa shape index (κ3) is 14.2. The summed E-state index contributed by atoms with van der Waals surface area (Å²) in [6.45, 7) is 3.44. The molecular weight excluding hydrogens is 342 g/mol. The molecule has 0 saturated carbocycles. The molecule has 0 bridgehead atoms. The average Bonchev–Trinajstić information content (AvgIpc) is 2.72. The minimum absolute atomic E-state index is 0.711. The van der Waals surface area contributed by atoms with Crippen LogP contribution in [0.15, 0.2) is 30.3 Å². The largest absolute Gasteiger partial charge is 0.299 e. The van der Waals surface area contributed by atoms with E-state index in [1.807, 2.05) is 0 Å². The summed E-state index contributed by atoms with van der Waals surface area (Å²) in [5.74, 6) is 0. The van der Waals surface area contributed by atoms with Crippen molar-refractivity contribution in [2.24, 2.45) is 0 Å². The van der Waals surface area contributed by atoms with Crippen LogP contribution in [0.4, 0.5) is 0 Å². The quantitative estimate of drug-likeness (QED) is 0.257. The zero-order valence-corrected chi connectivity index (χ0v) is 17.7. The van der Waals surface area contributed by atoms with Gasteiger partial charge < -0.3 is 0 Å². The van der Waals surface area contributed by atoms with Crippen molar-refractivity contribution in [3.8, 4) is 12.1 Å². The van der Waals surface area contributed by atoms with Crippen molar-refractivity contribution in [3.63, 3.8) is 0 Å². The van der Waals surface area contributed by atoms with E-state index in [1.54, 1.807) is 0 Å². The fraction of sp³-hybridized carbons (Fsp3) is 0.680. The van der Waals surface area contributed by atoms with E-state index < -0.39 is 0 Å². The van der Waals surface area contributed by atoms with Crippen LogP contribution in [0.1, 0.15) is 95.5 Å². The van der Waals surface area contributed by atoms with Gasteiger partial charge >= 0.3 is 0 Å². The maximum Gasteiger partial charge on any atom is 0.0621 e. The number of hydrogen-bond acceptors (Lipinski definition) is 3. The number of benzene rings is 1. The summed E-state index contributed by atoms with van der Waals surface area (Å²) in [4.78, 5) is 2.63. The van der Waals surface area contributed by atoms with Crippen molar-refractivity contribution in [3.05, 3.63) is 35.9 Å². The first-order chi connectivity index (χ1) is 13.9. The zero-order chi connectivity index (χ0) is 20.1. The summed E-state index contributed by atoms with van der Waals surface area (Å²) in [7, 11) is 0. The Hall–Kier alpha value is -1.84. The van der Waals surface area contributed by atoms with Gasteiger partial charge in [0.25, 0.3) is 0 Å². The van der Waals surface area contributed by atoms with Gasteiger partial charge in [-0.1, -0.05) is 81.7 Å². The van der Waals surface area contributed by atoms with Gasteiger partial charge in [-0.25, -0.2) is 0 Å². The molecule has 0 atom stereocenters. The highest BCUT2D eigenvalue weighted by molar-refractivity contribution is 5.14. The Morgan fingerprint density at radius 3 is 1.46 bits per heavy atom. The molecule has 0 fully saturated rings. The Morgan fingerprint density at radius 2 is 1.00 bits per heavy atom. The Balaban J connectivity index is 2.19. The lowest BCUT2D eigenvalue weighted by atomic mass is 10.1. The molecule has 0 saturated heterocycles. The summed E-state index contributed by atoms with van der Waals surface area (Å²) in [6.07, 6.45) is 16.3. The van der Waals surface area contributed by atoms with Crippen LogP contribution in [0, 0.1) is 22.7 Å². The highest BCUT2D eigenvalue weighted by Crippen LogP contribution is 2.12. The minimum atomic E-state index is 0.711. The van der Waals surface area contributed by atoms with E-state index in [0.717, 1.165) is 19.4 Å². The van der Waals surface area contributed by atoms with E-state index in [4.69, 9.17) is 10.5 Å². The van der Waals surface area contributed by atoms with Crippen LogP contribution in [0.3, 0.4) is 0 Å². The monoisotopic (exact) mass is 381 g/mol. The first kappa shape index (κ1) is 24.2. The molecule has 0 aliphatic carbocycles. The van der Waals surface area contributed by atoms with E-state index in [2.05, 4.69) is 47.4 Å². The summed E-state index contributed by atoms with van der Waals surface area (Å²) in [5, 5.41) is 17.1. The lowest BCUT2D eigenvalue weighted by Crippen LogP contribution is -2.25. The van der Waals surface area contributed by atoms with Crippen LogP contribution in [-0.4, -0.2) is 18.0 Å². The topological polar surface area (TPSA) is 50.8 Å². The van der Waals surface area contributed by atoms with Crippen molar-refractivity contribution < 1.29 is 0 Å². The highest BCUT2D eigenvalue weighted by atomic mass is 15.1. The molecule has 0 heterocycles. The van der Waals surface area contributed by atoms with Gasteiger partial charge in [-0.3, -0.25) is 4.90 Å². The zero-order valence-electron chi connectivity index (χ0n) is 17.7. The summed E-state index contributed by atoms with van der Waals surface area (Å²) in [5.41, 5.74) is 1.41. The molecule has 0 N–H and O–H groups in total. The van der Waals surface area contributed by atoms with Crippen LogP contribution in [0.5, 0.6) is 0 Å². The Kier molecular flexibility index (Phi) is 16.0. The SMILES string of the molecule is N#CCCCCCCCCN(CCCCCCCCC#N)Cc1ccccc1. The van der Waals surface area contributed by atoms with E-state index in [0.29, 0.717) is 12.8 Å². The van der Waals surface area contributed by atoms with Crippen LogP contribution >= 0.6 is 0 Å². The van der Waals surface area contributed by atoms with Crippen molar-refractivity contribution in [2.75, 3.05) is 13.1 Å². The normalized spacial score (nSPS) is 10.7. The maximum absolute atomic E-state index is 8.57. The van der Waals surface area contributed by atoms with Crippen LogP contribution in [0.25, 0.3) is 0 Å². The Bertz CT molecular complexity index is 511. The van der Waals surface area contributed by atoms with E-state index in [9.17, 15) is 0 Å². The molecule has 3 nitrogen and oxygen atoms in total. The molecular formula is C25H39N3. The predicted octanol–water partition coefficient (Wildman–Crippen LogP) is 7.00. The van der Waals surface area contributed by atoms with Crippen molar-refractivity contribution in [1.29, 1.82) is 10.5 Å². The van der Waals surface area contributed by atoms with Gasteiger partial charge in [-0.15, -0.1) is 0 Å². The third-order valence-electron chi connectivity index (χ3n) is 5.27. The van der Waals surface area contributed by atoms with E-state index in [1.165, 1.54) is 82.9 Å². The number of hydrogen-bond donors (Lipinski definition) is 0. The minimum Gasteiger partial charge on any atom is -0.299 e. The number of nitriles is 2. The van der Waals surface area contributed by atoms with Gasteiger partial charge in [0.1, 0.15) is 0 Å². The van der Waals surface area contributed by atoms with Crippen molar-refractivity contribution in [2.45, 2.75) is 96.4 Å². The van der Waals surface area contributed by atoms with Crippen molar-refractivity contribution >= 4 is 0 Å². The molecule has 3 heteroatoms. The molecule has 1 rings (SSSR count). The molecule has 0 radical (unpaired) electrons. The highest BCUT2D eigenvalue weighted by Gasteiger charge is 2.06. The summed E-state index contributed by atoms with van der Waals surface area (Å²) >= 11 is 0. The second-order valence-electron chi connectivity index (χ2n) is 7.82. The second-order valence-corrected chi connectivity index (χ2v) is 7.82. The third-order valence-corrected chi connectivity index (χ3v) is 5.27. The molecule has 1 aromatic carbocycles. The van der Waals surface area contributed by atoms with E-state index in [-0.39, 0.29) is 0 Å². The van der Waals surface area contributed by atoms with Crippen LogP contribution in [0.2, 0.25) is 0 Å². The lowest BCUT2D eigenvalue weighted by Gasteiger charge is -2.22. The fourth-order valence-electron chi connectivity index (χ4n) is 3.60. The Labute approximate surface area is 173 Å². The number of rotatable bonds is 18. The van der Waals surface area contributed by atoms with Crippen LogP contribution < -0.4 is 0 Å². The molecule has 0 aliphatic rings. The lowest BCUT2D eigenvalue weighted by molar-refractivity contribution is 0.252. The number of nitrogens with zero attached hydrogens (tertiary/aromatic N) is 3. The predicted molar refractivity (Wildman–Crippen MR) is 118 cm³/mol. The summed E-state index contributed by atoms with van der Waals surface area (Å²) < 4.78 is 0. The molecule has 0 aliphatic heterocycles. The van der Waals surface area contributed by atoms with Gasteiger partial charge in [0, 0.05) is 19.4 Å². The smallest absolute Gasteiger partial charge is 0.0621 e. The van der Waals surface area contributed by atoms with E-state index >= 15 is 0 Å². The number of unbranched alkanes of at least 4 members (excludes halogenated alkanes) is 12. The van der Waals surface area contributed by atoms with Gasteiger partial charge in [-0.2, -0.15) is 10.5 Å². The molecule has 0 unspecified atom stereocenters. The van der Waals surface area contributed by atoms with Gasteiger partial charge in [0.15, 0.2) is 0 Å².